The fraction of sp³-hybridized carbons (Fsp3) is 0.375. The second-order valence-electron chi connectivity index (χ2n) is 4.93. The van der Waals surface area contributed by atoms with E-state index in [1.807, 2.05) is 24.3 Å². The van der Waals surface area contributed by atoms with Gasteiger partial charge in [0.05, 0.1) is 12.7 Å². The Morgan fingerprint density at radius 2 is 1.95 bits per heavy atom. The number of aliphatic hydroxyl groups is 1. The SMILES string of the molecule is OCC1CCCC(Oc2ccc3ccccc3c2)O1. The number of hydrogen-bond donors (Lipinski definition) is 1. The molecule has 3 rings (SSSR count). The van der Waals surface area contributed by atoms with E-state index >= 15 is 0 Å². The normalized spacial score (nSPS) is 23.4. The van der Waals surface area contributed by atoms with Crippen molar-refractivity contribution in [2.75, 3.05) is 6.61 Å². The standard InChI is InChI=1S/C16H18O3/c17-11-15-6-3-7-16(19-15)18-14-9-8-12-4-1-2-5-13(12)10-14/h1-2,4-5,8-10,15-17H,3,6-7,11H2. The molecule has 0 radical (unpaired) electrons. The fourth-order valence-corrected chi connectivity index (χ4v) is 2.48. The van der Waals surface area contributed by atoms with Crippen LogP contribution in [0.1, 0.15) is 19.3 Å². The van der Waals surface area contributed by atoms with E-state index in [1.165, 1.54) is 5.39 Å². The van der Waals surface area contributed by atoms with Crippen LogP contribution in [0.2, 0.25) is 0 Å². The van der Waals surface area contributed by atoms with E-state index in [9.17, 15) is 0 Å². The van der Waals surface area contributed by atoms with Crippen LogP contribution < -0.4 is 4.74 Å². The first kappa shape index (κ1) is 12.5. The molecule has 2 unspecified atom stereocenters. The number of ether oxygens (including phenoxy) is 2. The van der Waals surface area contributed by atoms with Gasteiger partial charge in [0.25, 0.3) is 0 Å². The Bertz CT molecular complexity index is 552. The summed E-state index contributed by atoms with van der Waals surface area (Å²) in [5, 5.41) is 11.5. The number of hydrogen-bond acceptors (Lipinski definition) is 3. The van der Waals surface area contributed by atoms with Gasteiger partial charge in [0.15, 0.2) is 6.29 Å². The Morgan fingerprint density at radius 1 is 1.11 bits per heavy atom. The second-order valence-corrected chi connectivity index (χ2v) is 4.93. The molecule has 1 aliphatic rings. The minimum atomic E-state index is -0.243. The quantitative estimate of drug-likeness (QED) is 0.919. The molecule has 1 aliphatic heterocycles. The molecule has 1 N–H and O–H groups in total. The van der Waals surface area contributed by atoms with Crippen LogP contribution in [0.15, 0.2) is 42.5 Å². The predicted molar refractivity (Wildman–Crippen MR) is 74.2 cm³/mol. The fourth-order valence-electron chi connectivity index (χ4n) is 2.48. The molecule has 0 aromatic heterocycles. The highest BCUT2D eigenvalue weighted by molar-refractivity contribution is 5.83. The number of rotatable bonds is 3. The van der Waals surface area contributed by atoms with Crippen molar-refractivity contribution < 1.29 is 14.6 Å². The predicted octanol–water partition coefficient (Wildman–Crippen LogP) is 3.11. The first-order valence-electron chi connectivity index (χ1n) is 6.77. The first-order valence-corrected chi connectivity index (χ1v) is 6.77. The zero-order chi connectivity index (χ0) is 13.1. The van der Waals surface area contributed by atoms with Gasteiger partial charge in [-0.1, -0.05) is 30.3 Å². The maximum absolute atomic E-state index is 9.14. The van der Waals surface area contributed by atoms with Crippen LogP contribution in [0.5, 0.6) is 5.75 Å². The maximum atomic E-state index is 9.14. The van der Waals surface area contributed by atoms with Crippen molar-refractivity contribution >= 4 is 10.8 Å². The van der Waals surface area contributed by atoms with Crippen LogP contribution in [0, 0.1) is 0 Å². The molecule has 0 saturated carbocycles. The minimum Gasteiger partial charge on any atom is -0.465 e. The number of fused-ring (bicyclic) bond motifs is 1. The molecule has 3 heteroatoms. The summed E-state index contributed by atoms with van der Waals surface area (Å²) in [6.07, 6.45) is 2.49. The average molecular weight is 258 g/mol. The molecule has 0 bridgehead atoms. The van der Waals surface area contributed by atoms with Crippen LogP contribution in [-0.2, 0) is 4.74 Å². The van der Waals surface area contributed by atoms with E-state index in [0.717, 1.165) is 30.4 Å². The van der Waals surface area contributed by atoms with E-state index < -0.39 is 0 Å². The van der Waals surface area contributed by atoms with Crippen molar-refractivity contribution in [1.29, 1.82) is 0 Å². The third-order valence-electron chi connectivity index (χ3n) is 3.50. The lowest BCUT2D eigenvalue weighted by atomic mass is 10.1. The Hall–Kier alpha value is -1.58. The summed E-state index contributed by atoms with van der Waals surface area (Å²) in [7, 11) is 0. The van der Waals surface area contributed by atoms with E-state index in [2.05, 4.69) is 18.2 Å². The Kier molecular flexibility index (Phi) is 3.67. The Balaban J connectivity index is 1.74. The lowest BCUT2D eigenvalue weighted by molar-refractivity contribution is -0.157. The van der Waals surface area contributed by atoms with E-state index in [1.54, 1.807) is 0 Å². The molecule has 2 aromatic rings. The average Bonchev–Trinajstić information content (AvgIpc) is 2.47. The highest BCUT2D eigenvalue weighted by atomic mass is 16.7. The first-order chi connectivity index (χ1) is 9.35. The lowest BCUT2D eigenvalue weighted by Gasteiger charge is -2.29. The molecular formula is C16H18O3. The highest BCUT2D eigenvalue weighted by Crippen LogP contribution is 2.25. The second kappa shape index (κ2) is 5.59. The summed E-state index contributed by atoms with van der Waals surface area (Å²) in [4.78, 5) is 0. The van der Waals surface area contributed by atoms with Crippen molar-refractivity contribution in [3.05, 3.63) is 42.5 Å². The molecule has 100 valence electrons. The number of benzene rings is 2. The van der Waals surface area contributed by atoms with Crippen LogP contribution in [0.25, 0.3) is 10.8 Å². The van der Waals surface area contributed by atoms with Gasteiger partial charge in [-0.15, -0.1) is 0 Å². The van der Waals surface area contributed by atoms with Gasteiger partial charge in [-0.25, -0.2) is 0 Å². The smallest absolute Gasteiger partial charge is 0.200 e. The van der Waals surface area contributed by atoms with E-state index in [0.29, 0.717) is 0 Å². The van der Waals surface area contributed by atoms with E-state index in [4.69, 9.17) is 14.6 Å². The van der Waals surface area contributed by atoms with Crippen molar-refractivity contribution in [3.63, 3.8) is 0 Å². The van der Waals surface area contributed by atoms with Crippen LogP contribution in [0.3, 0.4) is 0 Å². The molecule has 1 heterocycles. The van der Waals surface area contributed by atoms with Crippen molar-refractivity contribution in [3.8, 4) is 5.75 Å². The summed E-state index contributed by atoms with van der Waals surface area (Å²) < 4.78 is 11.5. The van der Waals surface area contributed by atoms with Gasteiger partial charge in [-0.3, -0.25) is 0 Å². The molecule has 0 aliphatic carbocycles. The summed E-state index contributed by atoms with van der Waals surface area (Å²) in [6.45, 7) is 0.0670. The molecular weight excluding hydrogens is 240 g/mol. The zero-order valence-corrected chi connectivity index (χ0v) is 10.8. The van der Waals surface area contributed by atoms with Gasteiger partial charge >= 0.3 is 0 Å². The van der Waals surface area contributed by atoms with Gasteiger partial charge in [0, 0.05) is 6.42 Å². The minimum absolute atomic E-state index is 0.0670. The van der Waals surface area contributed by atoms with E-state index in [-0.39, 0.29) is 19.0 Å². The third-order valence-corrected chi connectivity index (χ3v) is 3.50. The van der Waals surface area contributed by atoms with Gasteiger partial charge in [0.1, 0.15) is 5.75 Å². The molecule has 0 amide bonds. The van der Waals surface area contributed by atoms with Crippen LogP contribution >= 0.6 is 0 Å². The van der Waals surface area contributed by atoms with Gasteiger partial charge < -0.3 is 14.6 Å². The van der Waals surface area contributed by atoms with Crippen LogP contribution in [0.4, 0.5) is 0 Å². The van der Waals surface area contributed by atoms with Crippen molar-refractivity contribution in [2.45, 2.75) is 31.7 Å². The molecule has 0 spiro atoms. The summed E-state index contributed by atoms with van der Waals surface area (Å²) in [5.74, 6) is 0.822. The van der Waals surface area contributed by atoms with Crippen LogP contribution in [-0.4, -0.2) is 24.1 Å². The largest absolute Gasteiger partial charge is 0.465 e. The molecule has 2 atom stereocenters. The van der Waals surface area contributed by atoms with Gasteiger partial charge in [-0.2, -0.15) is 0 Å². The molecule has 1 saturated heterocycles. The van der Waals surface area contributed by atoms with Crippen molar-refractivity contribution in [2.24, 2.45) is 0 Å². The maximum Gasteiger partial charge on any atom is 0.200 e. The molecule has 19 heavy (non-hydrogen) atoms. The summed E-state index contributed by atoms with van der Waals surface area (Å²) in [5.41, 5.74) is 0. The lowest BCUT2D eigenvalue weighted by Crippen LogP contribution is -2.33. The third kappa shape index (κ3) is 2.88. The van der Waals surface area contributed by atoms with Gasteiger partial charge in [0.2, 0.25) is 0 Å². The molecule has 3 nitrogen and oxygen atoms in total. The zero-order valence-electron chi connectivity index (χ0n) is 10.8. The molecule has 2 aromatic carbocycles. The Morgan fingerprint density at radius 3 is 2.79 bits per heavy atom. The molecule has 1 fully saturated rings. The summed E-state index contributed by atoms with van der Waals surface area (Å²) >= 11 is 0. The summed E-state index contributed by atoms with van der Waals surface area (Å²) in [6, 6.07) is 14.2. The number of aliphatic hydroxyl groups excluding tert-OH is 1. The Labute approximate surface area is 112 Å². The highest BCUT2D eigenvalue weighted by Gasteiger charge is 2.22. The van der Waals surface area contributed by atoms with Gasteiger partial charge in [-0.05, 0) is 35.7 Å². The topological polar surface area (TPSA) is 38.7 Å². The monoisotopic (exact) mass is 258 g/mol. The van der Waals surface area contributed by atoms with Crippen molar-refractivity contribution in [1.82, 2.24) is 0 Å².